The summed E-state index contributed by atoms with van der Waals surface area (Å²) in [5, 5.41) is 29.0. The summed E-state index contributed by atoms with van der Waals surface area (Å²) in [5.74, 6) is 1.89. The van der Waals surface area contributed by atoms with Crippen molar-refractivity contribution in [2.45, 2.75) is 37.5 Å². The van der Waals surface area contributed by atoms with E-state index in [9.17, 15) is 24.2 Å². The van der Waals surface area contributed by atoms with Crippen LogP contribution in [0.2, 0.25) is 5.28 Å². The summed E-state index contributed by atoms with van der Waals surface area (Å²) in [6.07, 6.45) is 0.611. The van der Waals surface area contributed by atoms with Crippen LogP contribution in [0.15, 0.2) is 30.5 Å². The molecular formula is C30H42ClN5O14P2. The number of terminal acetylenes is 1. The molecule has 288 valence electrons. The molecule has 3 aromatic rings. The zero-order valence-corrected chi connectivity index (χ0v) is 30.6. The second-order valence-electron chi connectivity index (χ2n) is 11.3. The Bertz CT molecular complexity index is 1720. The first-order chi connectivity index (χ1) is 24.8. The van der Waals surface area contributed by atoms with Gasteiger partial charge in [0.1, 0.15) is 43.1 Å². The van der Waals surface area contributed by atoms with Crippen molar-refractivity contribution in [1.82, 2.24) is 19.7 Å². The molecule has 2 aromatic heterocycles. The van der Waals surface area contributed by atoms with Gasteiger partial charge in [-0.3, -0.25) is 9.13 Å². The van der Waals surface area contributed by atoms with Gasteiger partial charge in [-0.15, -0.1) is 6.42 Å². The van der Waals surface area contributed by atoms with Gasteiger partial charge in [-0.1, -0.05) is 18.1 Å². The quantitative estimate of drug-likeness (QED) is 0.0346. The third-order valence-electron chi connectivity index (χ3n) is 7.32. The van der Waals surface area contributed by atoms with Crippen molar-refractivity contribution in [3.63, 3.8) is 0 Å². The number of benzene rings is 1. The molecule has 0 saturated carbocycles. The molecule has 3 heterocycles. The molecular weight excluding hydrogens is 752 g/mol. The lowest BCUT2D eigenvalue weighted by molar-refractivity contribution is -0.0541. The molecule has 1 saturated heterocycles. The molecule has 6 atom stereocenters. The van der Waals surface area contributed by atoms with Crippen LogP contribution < -0.4 is 10.1 Å². The van der Waals surface area contributed by atoms with Crippen molar-refractivity contribution in [3.8, 4) is 18.1 Å². The van der Waals surface area contributed by atoms with Gasteiger partial charge >= 0.3 is 15.2 Å². The highest BCUT2D eigenvalue weighted by Crippen LogP contribution is 2.55. The number of hydrogen-bond donors (Lipinski definition) is 6. The van der Waals surface area contributed by atoms with Gasteiger partial charge in [0.25, 0.3) is 0 Å². The fraction of sp³-hybridized carbons (Fsp3) is 0.567. The number of hydrogen-bond acceptors (Lipinski definition) is 15. The maximum absolute atomic E-state index is 12.1. The van der Waals surface area contributed by atoms with Crippen LogP contribution in [0, 0.1) is 12.3 Å². The van der Waals surface area contributed by atoms with E-state index >= 15 is 0 Å². The predicted octanol–water partition coefficient (Wildman–Crippen LogP) is 1.69. The number of anilines is 1. The monoisotopic (exact) mass is 793 g/mol. The van der Waals surface area contributed by atoms with Crippen molar-refractivity contribution in [1.29, 1.82) is 0 Å². The Hall–Kier alpha value is -2.76. The molecule has 52 heavy (non-hydrogen) atoms. The highest BCUT2D eigenvalue weighted by Gasteiger charge is 2.46. The smallest absolute Gasteiger partial charge is 0.340 e. The number of nitrogens with zero attached hydrogens (tertiary/aromatic N) is 4. The van der Waals surface area contributed by atoms with Gasteiger partial charge in [-0.2, -0.15) is 15.1 Å². The fourth-order valence-corrected chi connectivity index (χ4v) is 7.63. The molecule has 0 bridgehead atoms. The second kappa shape index (κ2) is 20.1. The highest BCUT2D eigenvalue weighted by molar-refractivity contribution is 7.70. The third-order valence-corrected chi connectivity index (χ3v) is 10.9. The Morgan fingerprint density at radius 2 is 1.65 bits per heavy atom. The van der Waals surface area contributed by atoms with Crippen molar-refractivity contribution in [3.05, 3.63) is 41.3 Å². The van der Waals surface area contributed by atoms with Gasteiger partial charge in [-0.05, 0) is 36.2 Å². The standard InChI is InChI=1S/C30H42ClN5O14P2/c1-3-7-44-8-9-45-10-11-46-12-13-47-14-15-48-22-6-4-5-21(16-22)20(2)33-27-23-17-32-36(28(23)35-30(31)34-27)29-26(38)25(37)24(50-29)18-49-52(42,43)19-51(39,40)41/h1,4-6,16-17,20,24-26,29,37-38H,7-15,18-19H2,2H3,(H,42,43)(H,33,34,35)(H2,39,40,41)/t20-,24+,25+,26+,29+/m0/s1. The Morgan fingerprint density at radius 1 is 1.00 bits per heavy atom. The van der Waals surface area contributed by atoms with Crippen LogP contribution >= 0.6 is 26.8 Å². The first-order valence-electron chi connectivity index (χ1n) is 15.9. The van der Waals surface area contributed by atoms with Crippen molar-refractivity contribution in [2.24, 2.45) is 0 Å². The number of halogens is 1. The Labute approximate surface area is 304 Å². The first kappa shape index (κ1) is 42.0. The highest BCUT2D eigenvalue weighted by atomic mass is 35.5. The number of aliphatic hydroxyl groups is 2. The lowest BCUT2D eigenvalue weighted by atomic mass is 10.1. The molecule has 4 rings (SSSR count). The zero-order chi connectivity index (χ0) is 37.7. The number of ether oxygens (including phenoxy) is 6. The van der Waals surface area contributed by atoms with Crippen LogP contribution in [0.1, 0.15) is 24.8 Å². The Morgan fingerprint density at radius 3 is 2.31 bits per heavy atom. The Balaban J connectivity index is 1.27. The van der Waals surface area contributed by atoms with E-state index in [-0.39, 0.29) is 23.6 Å². The molecule has 6 N–H and O–H groups in total. The van der Waals surface area contributed by atoms with E-state index < -0.39 is 52.2 Å². The minimum Gasteiger partial charge on any atom is -0.491 e. The van der Waals surface area contributed by atoms with Crippen LogP contribution in [0.3, 0.4) is 0 Å². The first-order valence-corrected chi connectivity index (χ1v) is 19.9. The summed E-state index contributed by atoms with van der Waals surface area (Å²) in [6.45, 7) is 4.66. The van der Waals surface area contributed by atoms with Crippen LogP contribution in [0.25, 0.3) is 11.0 Å². The molecule has 0 aliphatic carbocycles. The molecule has 0 radical (unpaired) electrons. The van der Waals surface area contributed by atoms with E-state index in [2.05, 4.69) is 26.3 Å². The van der Waals surface area contributed by atoms with Gasteiger partial charge in [0.15, 0.2) is 17.8 Å². The van der Waals surface area contributed by atoms with Gasteiger partial charge < -0.3 is 63.2 Å². The summed E-state index contributed by atoms with van der Waals surface area (Å²) >= 11 is 6.26. The molecule has 22 heteroatoms. The second-order valence-corrected chi connectivity index (χ2v) is 15.7. The largest absolute Gasteiger partial charge is 0.491 e. The van der Waals surface area contributed by atoms with Crippen molar-refractivity contribution >= 4 is 43.6 Å². The maximum atomic E-state index is 12.1. The van der Waals surface area contributed by atoms with Crippen LogP contribution in [0.5, 0.6) is 5.75 Å². The van der Waals surface area contributed by atoms with E-state index in [0.29, 0.717) is 69.8 Å². The fourth-order valence-electron chi connectivity index (χ4n) is 4.90. The van der Waals surface area contributed by atoms with Gasteiger partial charge in [0, 0.05) is 0 Å². The molecule has 1 unspecified atom stereocenters. The van der Waals surface area contributed by atoms with Gasteiger partial charge in [0.05, 0.1) is 70.5 Å². The van der Waals surface area contributed by atoms with E-state index in [4.69, 9.17) is 60.8 Å². The lowest BCUT2D eigenvalue weighted by Crippen LogP contribution is -2.33. The summed E-state index contributed by atoms with van der Waals surface area (Å²) < 4.78 is 62.1. The van der Waals surface area contributed by atoms with Gasteiger partial charge in [-0.25, -0.2) is 4.68 Å². The van der Waals surface area contributed by atoms with Crippen LogP contribution in [0.4, 0.5) is 5.82 Å². The third kappa shape index (κ3) is 13.0. The molecule has 19 nitrogen and oxygen atoms in total. The van der Waals surface area contributed by atoms with Gasteiger partial charge in [0.2, 0.25) is 5.28 Å². The molecule has 1 aromatic carbocycles. The maximum Gasteiger partial charge on any atom is 0.340 e. The van der Waals surface area contributed by atoms with Crippen LogP contribution in [-0.2, 0) is 37.3 Å². The summed E-state index contributed by atoms with van der Waals surface area (Å²) in [4.78, 5) is 36.3. The SMILES string of the molecule is C#CCOCCOCCOCCOCCOc1cccc([C@H](C)Nc2nc(Cl)nc3c2cnn3[C@@H]2O[C@H](COP(=O)(O)CP(=O)(O)O)[C@@H](O)[C@H]2O)c1. The zero-order valence-electron chi connectivity index (χ0n) is 28.1. The number of rotatable bonds is 23. The average Bonchev–Trinajstić information content (AvgIpc) is 3.62. The minimum absolute atomic E-state index is 0.139. The van der Waals surface area contributed by atoms with E-state index in [0.717, 1.165) is 5.56 Å². The molecule has 1 aliphatic heterocycles. The minimum atomic E-state index is -4.87. The number of nitrogens with one attached hydrogen (secondary N) is 1. The topological polar surface area (TPSA) is 256 Å². The lowest BCUT2D eigenvalue weighted by Gasteiger charge is -2.18. The molecule has 1 aliphatic rings. The van der Waals surface area contributed by atoms with E-state index in [1.54, 1.807) is 0 Å². The average molecular weight is 794 g/mol. The summed E-state index contributed by atoms with van der Waals surface area (Å²) in [7, 11) is -9.61. The summed E-state index contributed by atoms with van der Waals surface area (Å²) in [5.41, 5.74) is 0.993. The van der Waals surface area contributed by atoms with Crippen molar-refractivity contribution < 1.29 is 67.0 Å². The molecule has 1 fully saturated rings. The summed E-state index contributed by atoms with van der Waals surface area (Å²) in [6, 6.07) is 7.10. The number of aromatic nitrogens is 4. The number of aliphatic hydroxyl groups excluding tert-OH is 2. The van der Waals surface area contributed by atoms with Crippen molar-refractivity contribution in [2.75, 3.05) is 77.3 Å². The molecule has 0 spiro atoms. The predicted molar refractivity (Wildman–Crippen MR) is 185 cm³/mol. The molecule has 0 amide bonds. The van der Waals surface area contributed by atoms with Crippen LogP contribution in [-0.4, -0.2) is 135 Å². The Kier molecular flexibility index (Phi) is 16.2. The number of fused-ring (bicyclic) bond motifs is 1. The normalized spacial score (nSPS) is 20.8. The van der Waals surface area contributed by atoms with E-state index in [1.807, 2.05) is 31.2 Å². The van der Waals surface area contributed by atoms with E-state index in [1.165, 1.54) is 10.9 Å².